The SMILES string of the molecule is CCS(=O)(=O)c1ccccc1C(=O)Nc1ccc(-n2ccnc2)c(F)c1. The number of rotatable bonds is 5. The first-order valence-corrected chi connectivity index (χ1v) is 9.48. The highest BCUT2D eigenvalue weighted by atomic mass is 32.2. The fourth-order valence-corrected chi connectivity index (χ4v) is 3.57. The summed E-state index contributed by atoms with van der Waals surface area (Å²) in [6, 6.07) is 10.1. The number of nitrogens with one attached hydrogen (secondary N) is 1. The van der Waals surface area contributed by atoms with Crippen LogP contribution in [0.2, 0.25) is 0 Å². The van der Waals surface area contributed by atoms with Gasteiger partial charge in [0, 0.05) is 18.1 Å². The minimum absolute atomic E-state index is 0.0217. The second-order valence-electron chi connectivity index (χ2n) is 5.49. The van der Waals surface area contributed by atoms with Crippen molar-refractivity contribution in [2.75, 3.05) is 11.1 Å². The van der Waals surface area contributed by atoms with Crippen molar-refractivity contribution >= 4 is 21.4 Å². The second kappa shape index (κ2) is 7.09. The number of benzene rings is 2. The van der Waals surface area contributed by atoms with Crippen molar-refractivity contribution in [3.8, 4) is 5.69 Å². The standard InChI is InChI=1S/C18H16FN3O3S/c1-2-26(24,25)17-6-4-3-5-14(17)18(23)21-13-7-8-16(15(19)11-13)22-10-9-20-12-22/h3-12H,2H2,1H3,(H,21,23). The van der Waals surface area contributed by atoms with Crippen LogP contribution in [0.15, 0.2) is 66.1 Å². The highest BCUT2D eigenvalue weighted by Crippen LogP contribution is 2.21. The molecule has 26 heavy (non-hydrogen) atoms. The Labute approximate surface area is 150 Å². The summed E-state index contributed by atoms with van der Waals surface area (Å²) in [6.45, 7) is 1.51. The van der Waals surface area contributed by atoms with Crippen LogP contribution in [0.1, 0.15) is 17.3 Å². The number of sulfone groups is 1. The van der Waals surface area contributed by atoms with Crippen LogP contribution in [0.5, 0.6) is 0 Å². The lowest BCUT2D eigenvalue weighted by molar-refractivity contribution is 0.102. The van der Waals surface area contributed by atoms with Crippen LogP contribution in [0.25, 0.3) is 5.69 Å². The third-order valence-electron chi connectivity index (χ3n) is 3.83. The number of anilines is 1. The Balaban J connectivity index is 1.89. The van der Waals surface area contributed by atoms with Gasteiger partial charge in [-0.15, -0.1) is 0 Å². The Kier molecular flexibility index (Phi) is 4.85. The Morgan fingerprint density at radius 2 is 2.00 bits per heavy atom. The van der Waals surface area contributed by atoms with Crippen molar-refractivity contribution in [3.63, 3.8) is 0 Å². The highest BCUT2D eigenvalue weighted by molar-refractivity contribution is 7.91. The summed E-state index contributed by atoms with van der Waals surface area (Å²) in [5, 5.41) is 2.54. The van der Waals surface area contributed by atoms with Crippen molar-refractivity contribution in [3.05, 3.63) is 72.6 Å². The van der Waals surface area contributed by atoms with E-state index in [9.17, 15) is 17.6 Å². The van der Waals surface area contributed by atoms with E-state index in [1.54, 1.807) is 18.3 Å². The van der Waals surface area contributed by atoms with E-state index in [-0.39, 0.29) is 27.6 Å². The molecule has 1 heterocycles. The number of nitrogens with zero attached hydrogens (tertiary/aromatic N) is 2. The molecular weight excluding hydrogens is 357 g/mol. The molecule has 6 nitrogen and oxygen atoms in total. The first-order valence-electron chi connectivity index (χ1n) is 7.83. The van der Waals surface area contributed by atoms with Crippen molar-refractivity contribution in [1.82, 2.24) is 9.55 Å². The molecule has 0 radical (unpaired) electrons. The van der Waals surface area contributed by atoms with E-state index in [0.717, 1.165) is 0 Å². The summed E-state index contributed by atoms with van der Waals surface area (Å²) in [4.78, 5) is 16.3. The number of carbonyl (C=O) groups is 1. The van der Waals surface area contributed by atoms with Gasteiger partial charge in [0.1, 0.15) is 5.82 Å². The number of imidazole rings is 1. The summed E-state index contributed by atoms with van der Waals surface area (Å²) in [5.74, 6) is -1.28. The van der Waals surface area contributed by atoms with Crippen molar-refractivity contribution in [1.29, 1.82) is 0 Å². The van der Waals surface area contributed by atoms with Crippen LogP contribution in [0, 0.1) is 5.82 Å². The maximum absolute atomic E-state index is 14.3. The zero-order valence-electron chi connectivity index (χ0n) is 13.9. The zero-order valence-corrected chi connectivity index (χ0v) is 14.7. The number of halogens is 1. The molecule has 1 aromatic heterocycles. The lowest BCUT2D eigenvalue weighted by Crippen LogP contribution is -2.17. The van der Waals surface area contributed by atoms with E-state index in [1.165, 1.54) is 54.3 Å². The summed E-state index contributed by atoms with van der Waals surface area (Å²) in [5.41, 5.74) is 0.531. The quantitative estimate of drug-likeness (QED) is 0.745. The third-order valence-corrected chi connectivity index (χ3v) is 5.62. The topological polar surface area (TPSA) is 81.1 Å². The Morgan fingerprint density at radius 3 is 2.65 bits per heavy atom. The summed E-state index contributed by atoms with van der Waals surface area (Å²) in [6.07, 6.45) is 4.59. The third kappa shape index (κ3) is 3.50. The molecule has 8 heteroatoms. The average molecular weight is 373 g/mol. The van der Waals surface area contributed by atoms with Gasteiger partial charge in [-0.3, -0.25) is 4.79 Å². The molecule has 0 spiro atoms. The van der Waals surface area contributed by atoms with Gasteiger partial charge in [-0.25, -0.2) is 17.8 Å². The largest absolute Gasteiger partial charge is 0.322 e. The molecule has 0 atom stereocenters. The number of amides is 1. The van der Waals surface area contributed by atoms with E-state index >= 15 is 0 Å². The smallest absolute Gasteiger partial charge is 0.256 e. The maximum atomic E-state index is 14.3. The maximum Gasteiger partial charge on any atom is 0.256 e. The second-order valence-corrected chi connectivity index (χ2v) is 7.74. The van der Waals surface area contributed by atoms with Gasteiger partial charge in [0.15, 0.2) is 9.84 Å². The van der Waals surface area contributed by atoms with Crippen LogP contribution >= 0.6 is 0 Å². The molecule has 0 saturated heterocycles. The van der Waals surface area contributed by atoms with Gasteiger partial charge in [0.2, 0.25) is 0 Å². The summed E-state index contributed by atoms with van der Waals surface area (Å²) >= 11 is 0. The lowest BCUT2D eigenvalue weighted by Gasteiger charge is -2.11. The number of hydrogen-bond acceptors (Lipinski definition) is 4. The normalized spacial score (nSPS) is 11.3. The predicted octanol–water partition coefficient (Wildman–Crippen LogP) is 3.06. The molecule has 0 aliphatic rings. The van der Waals surface area contributed by atoms with Crippen LogP contribution in [-0.2, 0) is 9.84 Å². The molecule has 0 fully saturated rings. The molecule has 1 N–H and O–H groups in total. The molecule has 0 saturated carbocycles. The van der Waals surface area contributed by atoms with E-state index in [1.807, 2.05) is 0 Å². The van der Waals surface area contributed by atoms with Gasteiger partial charge in [-0.1, -0.05) is 19.1 Å². The highest BCUT2D eigenvalue weighted by Gasteiger charge is 2.20. The molecule has 2 aromatic carbocycles. The first-order chi connectivity index (χ1) is 12.4. The Hall–Kier alpha value is -3.00. The Morgan fingerprint density at radius 1 is 1.23 bits per heavy atom. The molecular formula is C18H16FN3O3S. The minimum Gasteiger partial charge on any atom is -0.322 e. The van der Waals surface area contributed by atoms with Crippen molar-refractivity contribution in [2.24, 2.45) is 0 Å². The molecule has 0 unspecified atom stereocenters. The molecule has 1 amide bonds. The number of carbonyl (C=O) groups excluding carboxylic acids is 1. The monoisotopic (exact) mass is 373 g/mol. The summed E-state index contributed by atoms with van der Waals surface area (Å²) in [7, 11) is -3.56. The van der Waals surface area contributed by atoms with Crippen molar-refractivity contribution in [2.45, 2.75) is 11.8 Å². The minimum atomic E-state index is -3.56. The van der Waals surface area contributed by atoms with Crippen LogP contribution in [0.4, 0.5) is 10.1 Å². The van der Waals surface area contributed by atoms with Crippen LogP contribution < -0.4 is 5.32 Å². The van der Waals surface area contributed by atoms with Crippen molar-refractivity contribution < 1.29 is 17.6 Å². The summed E-state index contributed by atoms with van der Waals surface area (Å²) < 4.78 is 40.1. The Bertz CT molecular complexity index is 1050. The zero-order chi connectivity index (χ0) is 18.7. The van der Waals surface area contributed by atoms with E-state index in [4.69, 9.17) is 0 Å². The molecule has 0 aliphatic heterocycles. The lowest BCUT2D eigenvalue weighted by atomic mass is 10.2. The number of hydrogen-bond donors (Lipinski definition) is 1. The molecule has 0 aliphatic carbocycles. The van der Waals surface area contributed by atoms with Crippen LogP contribution in [0.3, 0.4) is 0 Å². The molecule has 0 bridgehead atoms. The average Bonchev–Trinajstić information content (AvgIpc) is 3.16. The van der Waals surface area contributed by atoms with Gasteiger partial charge in [-0.2, -0.15) is 0 Å². The van der Waals surface area contributed by atoms with Gasteiger partial charge in [-0.05, 0) is 30.3 Å². The van der Waals surface area contributed by atoms with Crippen LogP contribution in [-0.4, -0.2) is 29.6 Å². The molecule has 134 valence electrons. The predicted molar refractivity (Wildman–Crippen MR) is 95.6 cm³/mol. The van der Waals surface area contributed by atoms with Gasteiger partial charge in [0.25, 0.3) is 5.91 Å². The molecule has 3 rings (SSSR count). The van der Waals surface area contributed by atoms with Gasteiger partial charge in [0.05, 0.1) is 28.2 Å². The van der Waals surface area contributed by atoms with E-state index < -0.39 is 21.6 Å². The first kappa shape index (κ1) is 17.8. The van der Waals surface area contributed by atoms with E-state index in [0.29, 0.717) is 0 Å². The fraction of sp³-hybridized carbons (Fsp3) is 0.111. The fourth-order valence-electron chi connectivity index (χ4n) is 2.48. The van der Waals surface area contributed by atoms with Gasteiger partial charge < -0.3 is 9.88 Å². The van der Waals surface area contributed by atoms with Gasteiger partial charge >= 0.3 is 0 Å². The van der Waals surface area contributed by atoms with E-state index in [2.05, 4.69) is 10.3 Å². The number of aromatic nitrogens is 2. The molecule has 3 aromatic rings.